The molecule has 152 valence electrons. The number of para-hydroxylation sites is 3. The van der Waals surface area contributed by atoms with Crippen molar-refractivity contribution in [3.63, 3.8) is 0 Å². The largest absolute Gasteiger partial charge is 0.367 e. The number of piperazine rings is 1. The van der Waals surface area contributed by atoms with Gasteiger partial charge in [0.2, 0.25) is 0 Å². The first-order chi connectivity index (χ1) is 14.1. The quantitative estimate of drug-likeness (QED) is 0.647. The second-order valence-electron chi connectivity index (χ2n) is 7.31. The number of carbonyl (C=O) groups is 1. The third-order valence-corrected chi connectivity index (χ3v) is 5.76. The van der Waals surface area contributed by atoms with Crippen molar-refractivity contribution < 1.29 is 4.79 Å². The van der Waals surface area contributed by atoms with E-state index in [1.54, 1.807) is 0 Å². The van der Waals surface area contributed by atoms with Gasteiger partial charge in [0.25, 0.3) is 0 Å². The van der Waals surface area contributed by atoms with Gasteiger partial charge in [-0.15, -0.1) is 0 Å². The van der Waals surface area contributed by atoms with Gasteiger partial charge in [0.15, 0.2) is 0 Å². The second-order valence-corrected chi connectivity index (χ2v) is 7.72. The summed E-state index contributed by atoms with van der Waals surface area (Å²) in [6, 6.07) is 16.0. The van der Waals surface area contributed by atoms with E-state index in [1.807, 2.05) is 54.3 Å². The molecular formula is C22H26ClN5O. The van der Waals surface area contributed by atoms with Crippen molar-refractivity contribution in [2.75, 3.05) is 37.6 Å². The summed E-state index contributed by atoms with van der Waals surface area (Å²) >= 11 is 6.29. The minimum Gasteiger partial charge on any atom is -0.367 e. The van der Waals surface area contributed by atoms with Crippen LogP contribution in [0.4, 0.5) is 10.5 Å². The summed E-state index contributed by atoms with van der Waals surface area (Å²) in [6.45, 7) is 6.48. The van der Waals surface area contributed by atoms with Crippen LogP contribution >= 0.6 is 11.6 Å². The Kier molecular flexibility index (Phi) is 5.90. The summed E-state index contributed by atoms with van der Waals surface area (Å²) in [6.07, 6.45) is 0.868. The number of urea groups is 1. The zero-order valence-corrected chi connectivity index (χ0v) is 17.4. The molecule has 1 aliphatic heterocycles. The van der Waals surface area contributed by atoms with Gasteiger partial charge in [0, 0.05) is 39.3 Å². The summed E-state index contributed by atoms with van der Waals surface area (Å²) in [5, 5.41) is 3.81. The van der Waals surface area contributed by atoms with Crippen LogP contribution in [0.3, 0.4) is 0 Å². The Balaban J connectivity index is 1.23. The zero-order chi connectivity index (χ0) is 20.2. The van der Waals surface area contributed by atoms with Crippen LogP contribution in [-0.2, 0) is 6.54 Å². The maximum Gasteiger partial charge on any atom is 0.317 e. The molecule has 6 nitrogen and oxygen atoms in total. The van der Waals surface area contributed by atoms with Crippen LogP contribution < -0.4 is 10.2 Å². The van der Waals surface area contributed by atoms with E-state index in [0.29, 0.717) is 19.6 Å². The Bertz CT molecular complexity index is 994. The second kappa shape index (κ2) is 8.74. The molecule has 1 fully saturated rings. The number of nitrogens with one attached hydrogen (secondary N) is 1. The summed E-state index contributed by atoms with van der Waals surface area (Å²) in [4.78, 5) is 21.2. The van der Waals surface area contributed by atoms with Gasteiger partial charge in [-0.3, -0.25) is 0 Å². The van der Waals surface area contributed by atoms with Crippen LogP contribution in [0.5, 0.6) is 0 Å². The topological polar surface area (TPSA) is 53.4 Å². The number of hydrogen-bond donors (Lipinski definition) is 1. The van der Waals surface area contributed by atoms with E-state index in [9.17, 15) is 4.79 Å². The van der Waals surface area contributed by atoms with Crippen molar-refractivity contribution in [3.05, 3.63) is 59.4 Å². The van der Waals surface area contributed by atoms with Gasteiger partial charge in [0.05, 0.1) is 21.7 Å². The first-order valence-corrected chi connectivity index (χ1v) is 10.5. The molecule has 0 spiro atoms. The maximum absolute atomic E-state index is 12.5. The fraction of sp³-hybridized carbons (Fsp3) is 0.364. The standard InChI is InChI=1S/C22H26ClN5O/c1-17-25-19-8-3-5-10-21(19)28(17)12-6-11-24-22(29)27-15-13-26(14-16-27)20-9-4-2-7-18(20)23/h2-5,7-10H,6,11-16H2,1H3,(H,24,29). The Morgan fingerprint density at radius 1 is 1.07 bits per heavy atom. The number of hydrogen-bond acceptors (Lipinski definition) is 3. The third-order valence-electron chi connectivity index (χ3n) is 5.44. The number of rotatable bonds is 5. The minimum atomic E-state index is 0.0102. The summed E-state index contributed by atoms with van der Waals surface area (Å²) in [5.41, 5.74) is 3.20. The predicted molar refractivity (Wildman–Crippen MR) is 118 cm³/mol. The van der Waals surface area contributed by atoms with Crippen LogP contribution in [-0.4, -0.2) is 53.2 Å². The highest BCUT2D eigenvalue weighted by molar-refractivity contribution is 6.33. The van der Waals surface area contributed by atoms with Gasteiger partial charge in [0.1, 0.15) is 5.82 Å². The zero-order valence-electron chi connectivity index (χ0n) is 16.6. The molecule has 1 saturated heterocycles. The number of anilines is 1. The number of aromatic nitrogens is 2. The molecular weight excluding hydrogens is 386 g/mol. The highest BCUT2D eigenvalue weighted by Crippen LogP contribution is 2.26. The van der Waals surface area contributed by atoms with Gasteiger partial charge in [-0.1, -0.05) is 35.9 Å². The molecule has 1 aliphatic rings. The molecule has 0 radical (unpaired) electrons. The monoisotopic (exact) mass is 411 g/mol. The smallest absolute Gasteiger partial charge is 0.317 e. The number of benzene rings is 2. The lowest BCUT2D eigenvalue weighted by Gasteiger charge is -2.36. The highest BCUT2D eigenvalue weighted by atomic mass is 35.5. The average Bonchev–Trinajstić information content (AvgIpc) is 3.06. The molecule has 0 atom stereocenters. The van der Waals surface area contributed by atoms with Crippen molar-refractivity contribution in [2.45, 2.75) is 19.9 Å². The number of amides is 2. The molecule has 7 heteroatoms. The molecule has 2 amide bonds. The molecule has 1 aromatic heterocycles. The Morgan fingerprint density at radius 3 is 2.59 bits per heavy atom. The Labute approximate surface area is 176 Å². The molecule has 0 bridgehead atoms. The fourth-order valence-electron chi connectivity index (χ4n) is 3.88. The average molecular weight is 412 g/mol. The molecule has 2 aromatic carbocycles. The van der Waals surface area contributed by atoms with Crippen LogP contribution in [0.25, 0.3) is 11.0 Å². The van der Waals surface area contributed by atoms with E-state index in [4.69, 9.17) is 11.6 Å². The number of carbonyl (C=O) groups excluding carboxylic acids is 1. The molecule has 0 unspecified atom stereocenters. The lowest BCUT2D eigenvalue weighted by Crippen LogP contribution is -2.52. The lowest BCUT2D eigenvalue weighted by molar-refractivity contribution is 0.194. The lowest BCUT2D eigenvalue weighted by atomic mass is 10.2. The number of nitrogens with zero attached hydrogens (tertiary/aromatic N) is 4. The normalized spacial score (nSPS) is 14.4. The summed E-state index contributed by atoms with van der Waals surface area (Å²) < 4.78 is 2.21. The van der Waals surface area contributed by atoms with Gasteiger partial charge >= 0.3 is 6.03 Å². The first-order valence-electron chi connectivity index (χ1n) is 10.1. The molecule has 29 heavy (non-hydrogen) atoms. The van der Waals surface area contributed by atoms with Gasteiger partial charge in [-0.25, -0.2) is 9.78 Å². The van der Waals surface area contributed by atoms with E-state index in [2.05, 4.69) is 25.8 Å². The first kappa shape index (κ1) is 19.6. The predicted octanol–water partition coefficient (Wildman–Crippen LogP) is 3.92. The van der Waals surface area contributed by atoms with Crippen molar-refractivity contribution in [1.29, 1.82) is 0 Å². The Hall–Kier alpha value is -2.73. The number of imidazole rings is 1. The fourth-order valence-corrected chi connectivity index (χ4v) is 4.14. The molecule has 3 aromatic rings. The number of halogens is 1. The summed E-state index contributed by atoms with van der Waals surface area (Å²) in [7, 11) is 0. The van der Waals surface area contributed by atoms with Gasteiger partial charge in [-0.2, -0.15) is 0 Å². The van der Waals surface area contributed by atoms with Crippen molar-refractivity contribution >= 4 is 34.4 Å². The molecule has 1 N–H and O–H groups in total. The van der Waals surface area contributed by atoms with E-state index < -0.39 is 0 Å². The van der Waals surface area contributed by atoms with E-state index in [0.717, 1.165) is 53.6 Å². The SMILES string of the molecule is Cc1nc2ccccc2n1CCCNC(=O)N1CCN(c2ccccc2Cl)CC1. The molecule has 0 aliphatic carbocycles. The van der Waals surface area contributed by atoms with Gasteiger partial charge in [-0.05, 0) is 37.6 Å². The van der Waals surface area contributed by atoms with Crippen molar-refractivity contribution in [1.82, 2.24) is 19.8 Å². The molecule has 4 rings (SSSR count). The van der Waals surface area contributed by atoms with Crippen LogP contribution in [0.1, 0.15) is 12.2 Å². The number of fused-ring (bicyclic) bond motifs is 1. The van der Waals surface area contributed by atoms with Crippen LogP contribution in [0.2, 0.25) is 5.02 Å². The van der Waals surface area contributed by atoms with Crippen molar-refractivity contribution in [2.24, 2.45) is 0 Å². The van der Waals surface area contributed by atoms with E-state index >= 15 is 0 Å². The number of aryl methyl sites for hydroxylation is 2. The maximum atomic E-state index is 12.5. The third kappa shape index (κ3) is 4.32. The highest BCUT2D eigenvalue weighted by Gasteiger charge is 2.22. The van der Waals surface area contributed by atoms with Crippen LogP contribution in [0.15, 0.2) is 48.5 Å². The van der Waals surface area contributed by atoms with Crippen LogP contribution in [0, 0.1) is 6.92 Å². The summed E-state index contributed by atoms with van der Waals surface area (Å²) in [5.74, 6) is 1.01. The van der Waals surface area contributed by atoms with Crippen molar-refractivity contribution in [3.8, 4) is 0 Å². The van der Waals surface area contributed by atoms with E-state index in [-0.39, 0.29) is 6.03 Å². The molecule has 2 heterocycles. The molecule has 0 saturated carbocycles. The minimum absolute atomic E-state index is 0.0102. The van der Waals surface area contributed by atoms with E-state index in [1.165, 1.54) is 0 Å². The Morgan fingerprint density at radius 2 is 1.79 bits per heavy atom. The van der Waals surface area contributed by atoms with Gasteiger partial charge < -0.3 is 19.7 Å².